The SMILES string of the molecule is Cc1cc(CN2CCN(c3ccc(N4CCCCC4)nn3)CC2)nn1C. The Morgan fingerprint density at radius 2 is 1.46 bits per heavy atom. The van der Waals surface area contributed by atoms with E-state index in [2.05, 4.69) is 55.1 Å². The average molecular weight is 355 g/mol. The Balaban J connectivity index is 1.31. The molecule has 0 radical (unpaired) electrons. The van der Waals surface area contributed by atoms with Crippen molar-refractivity contribution >= 4 is 11.6 Å². The van der Waals surface area contributed by atoms with Crippen molar-refractivity contribution in [2.45, 2.75) is 32.7 Å². The lowest BCUT2D eigenvalue weighted by atomic mass is 10.1. The van der Waals surface area contributed by atoms with E-state index in [1.165, 1.54) is 25.0 Å². The molecule has 7 heteroatoms. The molecule has 4 rings (SSSR count). The maximum Gasteiger partial charge on any atom is 0.151 e. The maximum absolute atomic E-state index is 4.57. The molecule has 0 aliphatic carbocycles. The van der Waals surface area contributed by atoms with E-state index in [1.54, 1.807) is 0 Å². The number of hydrogen-bond acceptors (Lipinski definition) is 6. The lowest BCUT2D eigenvalue weighted by molar-refractivity contribution is 0.246. The number of hydrogen-bond donors (Lipinski definition) is 0. The molecule has 26 heavy (non-hydrogen) atoms. The van der Waals surface area contributed by atoms with Crippen LogP contribution in [0, 0.1) is 6.92 Å². The molecule has 0 spiro atoms. The molecule has 0 amide bonds. The Morgan fingerprint density at radius 3 is 2.00 bits per heavy atom. The molecule has 0 N–H and O–H groups in total. The highest BCUT2D eigenvalue weighted by atomic mass is 15.3. The van der Waals surface area contributed by atoms with Crippen molar-refractivity contribution in [2.75, 3.05) is 49.1 Å². The smallest absolute Gasteiger partial charge is 0.151 e. The summed E-state index contributed by atoms with van der Waals surface area (Å²) in [7, 11) is 2.00. The first-order chi connectivity index (χ1) is 12.7. The third kappa shape index (κ3) is 3.82. The van der Waals surface area contributed by atoms with Gasteiger partial charge >= 0.3 is 0 Å². The summed E-state index contributed by atoms with van der Waals surface area (Å²) in [6, 6.07) is 6.45. The first kappa shape index (κ1) is 17.3. The van der Waals surface area contributed by atoms with Gasteiger partial charge < -0.3 is 9.80 Å². The largest absolute Gasteiger partial charge is 0.355 e. The Labute approximate surface area is 155 Å². The van der Waals surface area contributed by atoms with Crippen LogP contribution in [0.15, 0.2) is 18.2 Å². The van der Waals surface area contributed by atoms with Gasteiger partial charge in [-0.05, 0) is 44.4 Å². The fourth-order valence-corrected chi connectivity index (χ4v) is 3.85. The molecule has 0 saturated carbocycles. The second-order valence-electron chi connectivity index (χ2n) is 7.46. The fourth-order valence-electron chi connectivity index (χ4n) is 3.85. The highest BCUT2D eigenvalue weighted by Gasteiger charge is 2.20. The molecule has 0 aromatic carbocycles. The number of anilines is 2. The monoisotopic (exact) mass is 355 g/mol. The molecule has 2 aromatic rings. The van der Waals surface area contributed by atoms with E-state index in [4.69, 9.17) is 0 Å². The normalized spacial score (nSPS) is 19.2. The Hall–Kier alpha value is -2.15. The number of rotatable bonds is 4. The Kier molecular flexibility index (Phi) is 5.06. The summed E-state index contributed by atoms with van der Waals surface area (Å²) in [5, 5.41) is 13.6. The average Bonchev–Trinajstić information content (AvgIpc) is 3.00. The summed E-state index contributed by atoms with van der Waals surface area (Å²) < 4.78 is 1.95. The summed E-state index contributed by atoms with van der Waals surface area (Å²) in [5.41, 5.74) is 2.37. The van der Waals surface area contributed by atoms with E-state index in [0.29, 0.717) is 0 Å². The molecule has 0 atom stereocenters. The van der Waals surface area contributed by atoms with Gasteiger partial charge in [-0.25, -0.2) is 0 Å². The number of aryl methyl sites for hydroxylation is 2. The molecule has 2 aromatic heterocycles. The zero-order chi connectivity index (χ0) is 17.9. The molecule has 140 valence electrons. The number of piperazine rings is 1. The quantitative estimate of drug-likeness (QED) is 0.834. The second-order valence-corrected chi connectivity index (χ2v) is 7.46. The Morgan fingerprint density at radius 1 is 0.846 bits per heavy atom. The van der Waals surface area contributed by atoms with Crippen LogP contribution >= 0.6 is 0 Å². The van der Waals surface area contributed by atoms with Crippen molar-refractivity contribution in [1.29, 1.82) is 0 Å². The van der Waals surface area contributed by atoms with Crippen LogP contribution in [-0.2, 0) is 13.6 Å². The second kappa shape index (κ2) is 7.61. The zero-order valence-electron chi connectivity index (χ0n) is 15.9. The molecule has 0 bridgehead atoms. The van der Waals surface area contributed by atoms with Crippen LogP contribution in [0.4, 0.5) is 11.6 Å². The van der Waals surface area contributed by atoms with Crippen LogP contribution in [0.2, 0.25) is 0 Å². The highest BCUT2D eigenvalue weighted by Crippen LogP contribution is 2.20. The molecule has 2 aliphatic rings. The van der Waals surface area contributed by atoms with Gasteiger partial charge in [-0.15, -0.1) is 10.2 Å². The van der Waals surface area contributed by atoms with E-state index in [1.807, 2.05) is 11.7 Å². The van der Waals surface area contributed by atoms with Crippen LogP contribution in [-0.4, -0.2) is 64.1 Å². The van der Waals surface area contributed by atoms with Gasteiger partial charge in [-0.2, -0.15) is 5.10 Å². The van der Waals surface area contributed by atoms with Crippen LogP contribution in [0.3, 0.4) is 0 Å². The summed E-state index contributed by atoms with van der Waals surface area (Å²) in [6.07, 6.45) is 3.87. The highest BCUT2D eigenvalue weighted by molar-refractivity contribution is 5.45. The van der Waals surface area contributed by atoms with Crippen LogP contribution < -0.4 is 9.80 Å². The van der Waals surface area contributed by atoms with Crippen molar-refractivity contribution in [3.63, 3.8) is 0 Å². The van der Waals surface area contributed by atoms with Crippen molar-refractivity contribution in [3.8, 4) is 0 Å². The summed E-state index contributed by atoms with van der Waals surface area (Å²) in [5.74, 6) is 2.02. The predicted octanol–water partition coefficient (Wildman–Crippen LogP) is 1.83. The minimum absolute atomic E-state index is 0.926. The lowest BCUT2D eigenvalue weighted by Crippen LogP contribution is -2.46. The van der Waals surface area contributed by atoms with Gasteiger partial charge in [0.2, 0.25) is 0 Å². The first-order valence-corrected chi connectivity index (χ1v) is 9.74. The minimum atomic E-state index is 0.926. The van der Waals surface area contributed by atoms with Gasteiger partial charge in [-0.3, -0.25) is 9.58 Å². The summed E-state index contributed by atoms with van der Waals surface area (Å²) in [4.78, 5) is 7.16. The molecule has 0 unspecified atom stereocenters. The van der Waals surface area contributed by atoms with Gasteiger partial charge in [-0.1, -0.05) is 0 Å². The van der Waals surface area contributed by atoms with Gasteiger partial charge in [0, 0.05) is 58.6 Å². The van der Waals surface area contributed by atoms with E-state index in [0.717, 1.165) is 63.1 Å². The van der Waals surface area contributed by atoms with Gasteiger partial charge in [0.05, 0.1) is 5.69 Å². The van der Waals surface area contributed by atoms with E-state index >= 15 is 0 Å². The topological polar surface area (TPSA) is 53.3 Å². The molecular weight excluding hydrogens is 326 g/mol. The standard InChI is InChI=1S/C19H29N7/c1-16-14-17(22-23(16)2)15-24-10-12-26(13-11-24)19-7-6-18(20-21-19)25-8-4-3-5-9-25/h6-7,14H,3-5,8-13,15H2,1-2H3. The minimum Gasteiger partial charge on any atom is -0.355 e. The van der Waals surface area contributed by atoms with Crippen LogP contribution in [0.25, 0.3) is 0 Å². The third-order valence-electron chi connectivity index (χ3n) is 5.56. The van der Waals surface area contributed by atoms with Gasteiger partial charge in [0.15, 0.2) is 11.6 Å². The molecular formula is C19H29N7. The molecule has 7 nitrogen and oxygen atoms in total. The van der Waals surface area contributed by atoms with Crippen molar-refractivity contribution in [2.24, 2.45) is 7.05 Å². The molecule has 2 fully saturated rings. The predicted molar refractivity (Wildman–Crippen MR) is 104 cm³/mol. The van der Waals surface area contributed by atoms with E-state index in [9.17, 15) is 0 Å². The molecule has 2 saturated heterocycles. The van der Waals surface area contributed by atoms with Crippen molar-refractivity contribution < 1.29 is 0 Å². The number of piperidine rings is 1. The van der Waals surface area contributed by atoms with E-state index in [-0.39, 0.29) is 0 Å². The molecule has 2 aliphatic heterocycles. The zero-order valence-corrected chi connectivity index (χ0v) is 15.9. The summed E-state index contributed by atoms with van der Waals surface area (Å²) in [6.45, 7) is 9.29. The van der Waals surface area contributed by atoms with E-state index < -0.39 is 0 Å². The Bertz CT molecular complexity index is 690. The van der Waals surface area contributed by atoms with Crippen LogP contribution in [0.5, 0.6) is 0 Å². The fraction of sp³-hybridized carbons (Fsp3) is 0.632. The van der Waals surface area contributed by atoms with Crippen molar-refractivity contribution in [3.05, 3.63) is 29.6 Å². The third-order valence-corrected chi connectivity index (χ3v) is 5.56. The van der Waals surface area contributed by atoms with Gasteiger partial charge in [0.25, 0.3) is 0 Å². The lowest BCUT2D eigenvalue weighted by Gasteiger charge is -2.35. The van der Waals surface area contributed by atoms with Gasteiger partial charge in [0.1, 0.15) is 0 Å². The van der Waals surface area contributed by atoms with Crippen LogP contribution in [0.1, 0.15) is 30.7 Å². The number of aromatic nitrogens is 4. The molecule has 4 heterocycles. The number of nitrogens with zero attached hydrogens (tertiary/aromatic N) is 7. The maximum atomic E-state index is 4.57. The van der Waals surface area contributed by atoms with Crippen molar-refractivity contribution in [1.82, 2.24) is 24.9 Å². The summed E-state index contributed by atoms with van der Waals surface area (Å²) >= 11 is 0. The first-order valence-electron chi connectivity index (χ1n) is 9.74.